The Hall–Kier alpha value is -2.64. The predicted octanol–water partition coefficient (Wildman–Crippen LogP) is 3.89. The van der Waals surface area contributed by atoms with E-state index in [-0.39, 0.29) is 5.91 Å². The zero-order valence-corrected chi connectivity index (χ0v) is 14.9. The number of hydrogen-bond acceptors (Lipinski definition) is 3. The minimum Gasteiger partial charge on any atom is -0.326 e. The van der Waals surface area contributed by atoms with E-state index in [1.165, 1.54) is 24.8 Å². The van der Waals surface area contributed by atoms with Crippen LogP contribution >= 0.6 is 0 Å². The Morgan fingerprint density at radius 2 is 1.85 bits per heavy atom. The quantitative estimate of drug-likeness (QED) is 0.799. The molecule has 1 fully saturated rings. The van der Waals surface area contributed by atoms with E-state index in [4.69, 9.17) is 5.26 Å². The summed E-state index contributed by atoms with van der Waals surface area (Å²) in [6, 6.07) is 20.1. The average Bonchev–Trinajstić information content (AvgIpc) is 3.10. The van der Waals surface area contributed by atoms with Gasteiger partial charge in [0.15, 0.2) is 0 Å². The van der Waals surface area contributed by atoms with Gasteiger partial charge in [-0.3, -0.25) is 4.79 Å². The SMILES string of the molecule is N#Cc1ccc(NC(=O)CCN[C@H]2CCC[C@@H]2Cc2ccccc2)cc1. The molecule has 2 N–H and O–H groups in total. The highest BCUT2D eigenvalue weighted by molar-refractivity contribution is 5.90. The lowest BCUT2D eigenvalue weighted by molar-refractivity contribution is -0.116. The molecule has 0 unspecified atom stereocenters. The third-order valence-electron chi connectivity index (χ3n) is 5.06. The third kappa shape index (κ3) is 5.18. The zero-order valence-electron chi connectivity index (χ0n) is 14.9. The summed E-state index contributed by atoms with van der Waals surface area (Å²) in [5.41, 5.74) is 2.72. The van der Waals surface area contributed by atoms with Gasteiger partial charge in [-0.25, -0.2) is 0 Å². The van der Waals surface area contributed by atoms with Crippen LogP contribution < -0.4 is 10.6 Å². The van der Waals surface area contributed by atoms with Crippen molar-refractivity contribution in [2.75, 3.05) is 11.9 Å². The number of carbonyl (C=O) groups excluding carboxylic acids is 1. The van der Waals surface area contributed by atoms with Gasteiger partial charge in [0.1, 0.15) is 0 Å². The summed E-state index contributed by atoms with van der Waals surface area (Å²) < 4.78 is 0. The fraction of sp³-hybridized carbons (Fsp3) is 0.364. The van der Waals surface area contributed by atoms with E-state index in [1.54, 1.807) is 24.3 Å². The van der Waals surface area contributed by atoms with Crippen LogP contribution in [0.3, 0.4) is 0 Å². The van der Waals surface area contributed by atoms with Crippen molar-refractivity contribution < 1.29 is 4.79 Å². The first kappa shape index (κ1) is 18.2. The standard InChI is InChI=1S/C22H25N3O/c23-16-18-9-11-20(12-10-18)25-22(26)13-14-24-21-8-4-7-19(21)15-17-5-2-1-3-6-17/h1-3,5-6,9-12,19,21,24H,4,7-8,13-15H2,(H,25,26)/t19-,21+/m1/s1. The lowest BCUT2D eigenvalue weighted by Gasteiger charge is -2.21. The van der Waals surface area contributed by atoms with E-state index in [1.807, 2.05) is 0 Å². The molecule has 0 saturated heterocycles. The molecule has 0 heterocycles. The smallest absolute Gasteiger partial charge is 0.225 e. The Labute approximate surface area is 155 Å². The second-order valence-corrected chi connectivity index (χ2v) is 6.93. The van der Waals surface area contributed by atoms with Crippen LogP contribution in [0.1, 0.15) is 36.8 Å². The van der Waals surface area contributed by atoms with Crippen molar-refractivity contribution in [3.8, 4) is 6.07 Å². The maximum Gasteiger partial charge on any atom is 0.225 e. The molecule has 134 valence electrons. The lowest BCUT2D eigenvalue weighted by Crippen LogP contribution is -2.35. The van der Waals surface area contributed by atoms with Gasteiger partial charge in [0, 0.05) is 24.7 Å². The average molecular weight is 347 g/mol. The molecule has 2 aromatic rings. The van der Waals surface area contributed by atoms with Crippen molar-refractivity contribution in [3.63, 3.8) is 0 Å². The van der Waals surface area contributed by atoms with E-state index >= 15 is 0 Å². The largest absolute Gasteiger partial charge is 0.326 e. The highest BCUT2D eigenvalue weighted by Gasteiger charge is 2.26. The highest BCUT2D eigenvalue weighted by Crippen LogP contribution is 2.28. The molecule has 4 heteroatoms. The van der Waals surface area contributed by atoms with Crippen molar-refractivity contribution in [2.24, 2.45) is 5.92 Å². The molecule has 1 aliphatic rings. The van der Waals surface area contributed by atoms with Gasteiger partial charge in [-0.2, -0.15) is 5.26 Å². The van der Waals surface area contributed by atoms with Crippen LogP contribution in [0, 0.1) is 17.2 Å². The second kappa shape index (κ2) is 9.17. The van der Waals surface area contributed by atoms with E-state index in [0.717, 1.165) is 12.1 Å². The number of rotatable bonds is 7. The maximum atomic E-state index is 12.1. The summed E-state index contributed by atoms with van der Waals surface area (Å²) in [5, 5.41) is 15.3. The molecule has 26 heavy (non-hydrogen) atoms. The molecule has 1 saturated carbocycles. The number of benzene rings is 2. The summed E-state index contributed by atoms with van der Waals surface area (Å²) in [5.74, 6) is 0.652. The van der Waals surface area contributed by atoms with Crippen molar-refractivity contribution in [3.05, 3.63) is 65.7 Å². The summed E-state index contributed by atoms with van der Waals surface area (Å²) in [7, 11) is 0. The van der Waals surface area contributed by atoms with Crippen LogP contribution in [0.4, 0.5) is 5.69 Å². The maximum absolute atomic E-state index is 12.1. The van der Waals surface area contributed by atoms with E-state index in [9.17, 15) is 4.79 Å². The third-order valence-corrected chi connectivity index (χ3v) is 5.06. The van der Waals surface area contributed by atoms with Crippen LogP contribution in [-0.2, 0) is 11.2 Å². The van der Waals surface area contributed by atoms with Gasteiger partial charge >= 0.3 is 0 Å². The van der Waals surface area contributed by atoms with Gasteiger partial charge in [0.05, 0.1) is 11.6 Å². The fourth-order valence-corrected chi connectivity index (χ4v) is 3.69. The van der Waals surface area contributed by atoms with Crippen LogP contribution in [0.2, 0.25) is 0 Å². The Balaban J connectivity index is 1.41. The van der Waals surface area contributed by atoms with Gasteiger partial charge in [0.2, 0.25) is 5.91 Å². The minimum atomic E-state index is -0.000172. The summed E-state index contributed by atoms with van der Waals surface area (Å²) in [4.78, 5) is 12.1. The lowest BCUT2D eigenvalue weighted by atomic mass is 9.94. The van der Waals surface area contributed by atoms with Gasteiger partial charge in [-0.15, -0.1) is 0 Å². The highest BCUT2D eigenvalue weighted by atomic mass is 16.1. The number of hydrogen-bond donors (Lipinski definition) is 2. The molecule has 0 spiro atoms. The molecule has 0 aromatic heterocycles. The van der Waals surface area contributed by atoms with Crippen molar-refractivity contribution in [1.29, 1.82) is 5.26 Å². The number of nitrogens with zero attached hydrogens (tertiary/aromatic N) is 1. The van der Waals surface area contributed by atoms with Crippen LogP contribution in [0.15, 0.2) is 54.6 Å². The summed E-state index contributed by atoms with van der Waals surface area (Å²) in [6.07, 6.45) is 5.26. The number of anilines is 1. The number of nitriles is 1. The number of nitrogens with one attached hydrogen (secondary N) is 2. The normalized spacial score (nSPS) is 19.0. The van der Waals surface area contributed by atoms with Gasteiger partial charge < -0.3 is 10.6 Å². The van der Waals surface area contributed by atoms with Gasteiger partial charge in [-0.1, -0.05) is 36.8 Å². The first-order valence-electron chi connectivity index (χ1n) is 9.32. The first-order chi connectivity index (χ1) is 12.7. The fourth-order valence-electron chi connectivity index (χ4n) is 3.69. The van der Waals surface area contributed by atoms with Gasteiger partial charge in [0.25, 0.3) is 0 Å². The molecule has 1 amide bonds. The van der Waals surface area contributed by atoms with Crippen molar-refractivity contribution in [2.45, 2.75) is 38.1 Å². The monoisotopic (exact) mass is 347 g/mol. The topological polar surface area (TPSA) is 64.9 Å². The predicted molar refractivity (Wildman–Crippen MR) is 104 cm³/mol. The molecule has 0 aliphatic heterocycles. The van der Waals surface area contributed by atoms with E-state index in [0.29, 0.717) is 30.5 Å². The first-order valence-corrected chi connectivity index (χ1v) is 9.32. The molecule has 4 nitrogen and oxygen atoms in total. The number of amides is 1. The Kier molecular flexibility index (Phi) is 6.40. The summed E-state index contributed by atoms with van der Waals surface area (Å²) in [6.45, 7) is 0.693. The van der Waals surface area contributed by atoms with E-state index in [2.05, 4.69) is 47.0 Å². The second-order valence-electron chi connectivity index (χ2n) is 6.93. The Morgan fingerprint density at radius 1 is 1.08 bits per heavy atom. The molecule has 0 bridgehead atoms. The zero-order chi connectivity index (χ0) is 18.2. The van der Waals surface area contributed by atoms with Crippen LogP contribution in [0.25, 0.3) is 0 Å². The van der Waals surface area contributed by atoms with Crippen LogP contribution in [-0.4, -0.2) is 18.5 Å². The molecular weight excluding hydrogens is 322 g/mol. The molecular formula is C22H25N3O. The van der Waals surface area contributed by atoms with Gasteiger partial charge in [-0.05, 0) is 55.0 Å². The molecule has 2 aromatic carbocycles. The van der Waals surface area contributed by atoms with E-state index < -0.39 is 0 Å². The molecule has 3 rings (SSSR count). The molecule has 0 radical (unpaired) electrons. The van der Waals surface area contributed by atoms with Crippen LogP contribution in [0.5, 0.6) is 0 Å². The van der Waals surface area contributed by atoms with Crippen molar-refractivity contribution >= 4 is 11.6 Å². The minimum absolute atomic E-state index is 0.000172. The molecule has 1 aliphatic carbocycles. The summed E-state index contributed by atoms with van der Waals surface area (Å²) >= 11 is 0. The Morgan fingerprint density at radius 3 is 2.58 bits per heavy atom. The number of carbonyl (C=O) groups is 1. The van der Waals surface area contributed by atoms with Crippen molar-refractivity contribution in [1.82, 2.24) is 5.32 Å². The molecule has 2 atom stereocenters. The Bertz CT molecular complexity index is 749.